The van der Waals surface area contributed by atoms with Crippen LogP contribution in [0.3, 0.4) is 0 Å². The van der Waals surface area contributed by atoms with Gasteiger partial charge in [0.15, 0.2) is 0 Å². The van der Waals surface area contributed by atoms with Crippen molar-refractivity contribution in [2.24, 2.45) is 0 Å². The summed E-state index contributed by atoms with van der Waals surface area (Å²) in [6, 6.07) is 15.3. The van der Waals surface area contributed by atoms with Gasteiger partial charge in [0.05, 0.1) is 16.6 Å². The fraction of sp³-hybridized carbons (Fsp3) is 0.350. The van der Waals surface area contributed by atoms with Gasteiger partial charge >= 0.3 is 0 Å². The zero-order chi connectivity index (χ0) is 18.6. The molecule has 0 aliphatic carbocycles. The molecule has 0 spiro atoms. The zero-order valence-electron chi connectivity index (χ0n) is 14.3. The maximum atomic E-state index is 12.4. The number of morpholine rings is 1. The highest BCUT2D eigenvalue weighted by Crippen LogP contribution is 2.38. The van der Waals surface area contributed by atoms with E-state index in [0.717, 1.165) is 11.1 Å². The van der Waals surface area contributed by atoms with Gasteiger partial charge in [-0.2, -0.15) is 0 Å². The van der Waals surface area contributed by atoms with Crippen LogP contribution in [-0.4, -0.2) is 35.7 Å². The first-order valence-electron chi connectivity index (χ1n) is 8.56. The van der Waals surface area contributed by atoms with Crippen molar-refractivity contribution in [2.45, 2.75) is 25.0 Å². The van der Waals surface area contributed by atoms with Gasteiger partial charge in [-0.3, -0.25) is 4.79 Å². The Hall–Kier alpha value is -1.59. The number of aliphatic hydroxyl groups is 1. The van der Waals surface area contributed by atoms with E-state index in [9.17, 15) is 9.90 Å². The van der Waals surface area contributed by atoms with Crippen molar-refractivity contribution < 1.29 is 14.6 Å². The molecule has 1 unspecified atom stereocenters. The van der Waals surface area contributed by atoms with Gasteiger partial charge in [-0.15, -0.1) is 0 Å². The third kappa shape index (κ3) is 4.21. The van der Waals surface area contributed by atoms with Crippen LogP contribution in [0.1, 0.15) is 24.0 Å². The molecule has 0 bridgehead atoms. The number of ether oxygens (including phenoxy) is 1. The molecule has 1 N–H and O–H groups in total. The predicted octanol–water partition coefficient (Wildman–Crippen LogP) is 4.02. The summed E-state index contributed by atoms with van der Waals surface area (Å²) in [7, 11) is 0. The number of nitrogens with zero attached hydrogens (tertiary/aromatic N) is 1. The van der Waals surface area contributed by atoms with E-state index in [1.807, 2.05) is 36.4 Å². The molecule has 1 aliphatic rings. The van der Waals surface area contributed by atoms with E-state index >= 15 is 0 Å². The Labute approximate surface area is 163 Å². The van der Waals surface area contributed by atoms with Crippen LogP contribution in [-0.2, 0) is 21.7 Å². The van der Waals surface area contributed by atoms with E-state index in [2.05, 4.69) is 0 Å². The Morgan fingerprint density at radius 2 is 1.88 bits per heavy atom. The van der Waals surface area contributed by atoms with E-state index in [4.69, 9.17) is 27.9 Å². The first-order chi connectivity index (χ1) is 12.5. The molecule has 1 saturated heterocycles. The van der Waals surface area contributed by atoms with Crippen molar-refractivity contribution in [1.82, 2.24) is 4.90 Å². The van der Waals surface area contributed by atoms with Crippen molar-refractivity contribution >= 4 is 29.1 Å². The summed E-state index contributed by atoms with van der Waals surface area (Å²) < 4.78 is 6.02. The highest BCUT2D eigenvalue weighted by molar-refractivity contribution is 6.42. The number of halogens is 2. The van der Waals surface area contributed by atoms with Gasteiger partial charge in [0.1, 0.15) is 12.2 Å². The number of benzene rings is 2. The van der Waals surface area contributed by atoms with E-state index in [-0.39, 0.29) is 19.1 Å². The van der Waals surface area contributed by atoms with Crippen LogP contribution in [0, 0.1) is 0 Å². The molecule has 3 rings (SSSR count). The molecule has 2 aromatic carbocycles. The SMILES string of the molecule is O=C1COC(CCCO)(c2ccc(Cl)c(Cl)c2)CN1Cc1ccccc1. The topological polar surface area (TPSA) is 49.8 Å². The second-order valence-electron chi connectivity index (χ2n) is 6.47. The molecule has 1 atom stereocenters. The summed E-state index contributed by atoms with van der Waals surface area (Å²) in [5.74, 6) is -0.0477. The molecule has 4 nitrogen and oxygen atoms in total. The Kier molecular flexibility index (Phi) is 6.20. The fourth-order valence-electron chi connectivity index (χ4n) is 3.30. The van der Waals surface area contributed by atoms with Gasteiger partial charge in [-0.05, 0) is 36.1 Å². The standard InChI is InChI=1S/C20H21Cl2NO3/c21-17-8-7-16(11-18(17)22)20(9-4-10-24)14-23(19(25)13-26-20)12-15-5-2-1-3-6-15/h1-3,5-8,11,24H,4,9-10,12-14H2. The third-order valence-electron chi connectivity index (χ3n) is 4.67. The van der Waals surface area contributed by atoms with E-state index < -0.39 is 5.60 Å². The summed E-state index contributed by atoms with van der Waals surface area (Å²) in [4.78, 5) is 14.2. The Morgan fingerprint density at radius 1 is 1.12 bits per heavy atom. The summed E-state index contributed by atoms with van der Waals surface area (Å²) in [5, 5.41) is 10.2. The maximum absolute atomic E-state index is 12.4. The Bertz CT molecular complexity index is 769. The lowest BCUT2D eigenvalue weighted by atomic mass is 9.87. The summed E-state index contributed by atoms with van der Waals surface area (Å²) in [6.07, 6.45) is 1.15. The largest absolute Gasteiger partial charge is 0.396 e. The predicted molar refractivity (Wildman–Crippen MR) is 102 cm³/mol. The monoisotopic (exact) mass is 393 g/mol. The van der Waals surface area contributed by atoms with E-state index in [1.54, 1.807) is 17.0 Å². The average Bonchev–Trinajstić information content (AvgIpc) is 2.65. The van der Waals surface area contributed by atoms with Crippen LogP contribution in [0.15, 0.2) is 48.5 Å². The molecule has 1 heterocycles. The Balaban J connectivity index is 1.90. The van der Waals surface area contributed by atoms with Crippen molar-refractivity contribution in [1.29, 1.82) is 0 Å². The third-order valence-corrected chi connectivity index (χ3v) is 5.41. The first kappa shape index (κ1) is 19.2. The van der Waals surface area contributed by atoms with Crippen LogP contribution < -0.4 is 0 Å². The van der Waals surface area contributed by atoms with Crippen LogP contribution in [0.4, 0.5) is 0 Å². The van der Waals surface area contributed by atoms with Crippen LogP contribution in [0.25, 0.3) is 0 Å². The van der Waals surface area contributed by atoms with Gasteiger partial charge in [-0.1, -0.05) is 59.6 Å². The summed E-state index contributed by atoms with van der Waals surface area (Å²) >= 11 is 12.3. The fourth-order valence-corrected chi connectivity index (χ4v) is 3.59. The lowest BCUT2D eigenvalue weighted by molar-refractivity contribution is -0.168. The van der Waals surface area contributed by atoms with Crippen molar-refractivity contribution in [3.8, 4) is 0 Å². The zero-order valence-corrected chi connectivity index (χ0v) is 15.8. The number of hydrogen-bond acceptors (Lipinski definition) is 3. The van der Waals surface area contributed by atoms with E-state index in [1.165, 1.54) is 0 Å². The lowest BCUT2D eigenvalue weighted by Crippen LogP contribution is -2.52. The first-order valence-corrected chi connectivity index (χ1v) is 9.32. The highest BCUT2D eigenvalue weighted by Gasteiger charge is 2.41. The van der Waals surface area contributed by atoms with Crippen molar-refractivity contribution in [3.05, 3.63) is 69.7 Å². The quantitative estimate of drug-likeness (QED) is 0.805. The maximum Gasteiger partial charge on any atom is 0.249 e. The highest BCUT2D eigenvalue weighted by atomic mass is 35.5. The molecule has 1 fully saturated rings. The number of carbonyl (C=O) groups excluding carboxylic acids is 1. The normalized spacial score (nSPS) is 20.4. The van der Waals surface area contributed by atoms with Crippen LogP contribution in [0.2, 0.25) is 10.0 Å². The number of amides is 1. The molecule has 138 valence electrons. The lowest BCUT2D eigenvalue weighted by Gasteiger charge is -2.43. The molecule has 1 amide bonds. The number of rotatable bonds is 6. The smallest absolute Gasteiger partial charge is 0.249 e. The molecule has 1 aliphatic heterocycles. The van der Waals surface area contributed by atoms with Gasteiger partial charge in [0.2, 0.25) is 5.91 Å². The molecule has 0 saturated carbocycles. The minimum atomic E-state index is -0.709. The molecule has 2 aromatic rings. The number of hydrogen-bond donors (Lipinski definition) is 1. The second-order valence-corrected chi connectivity index (χ2v) is 7.29. The molecule has 0 radical (unpaired) electrons. The summed E-state index contributed by atoms with van der Waals surface area (Å²) in [6.45, 7) is 0.974. The van der Waals surface area contributed by atoms with Crippen molar-refractivity contribution in [3.63, 3.8) is 0 Å². The minimum Gasteiger partial charge on any atom is -0.396 e. The molecule has 6 heteroatoms. The van der Waals surface area contributed by atoms with E-state index in [0.29, 0.717) is 36.0 Å². The molecular weight excluding hydrogens is 373 g/mol. The van der Waals surface area contributed by atoms with Gasteiger partial charge < -0.3 is 14.7 Å². The molecule has 0 aromatic heterocycles. The van der Waals surface area contributed by atoms with Gasteiger partial charge in [-0.25, -0.2) is 0 Å². The van der Waals surface area contributed by atoms with Gasteiger partial charge in [0.25, 0.3) is 0 Å². The molecular formula is C20H21Cl2NO3. The number of carbonyl (C=O) groups is 1. The number of aliphatic hydroxyl groups excluding tert-OH is 1. The molecule has 26 heavy (non-hydrogen) atoms. The van der Waals surface area contributed by atoms with Crippen molar-refractivity contribution in [2.75, 3.05) is 19.8 Å². The van der Waals surface area contributed by atoms with Crippen LogP contribution in [0.5, 0.6) is 0 Å². The minimum absolute atomic E-state index is 0.00148. The Morgan fingerprint density at radius 3 is 2.58 bits per heavy atom. The van der Waals surface area contributed by atoms with Crippen LogP contribution >= 0.6 is 23.2 Å². The average molecular weight is 394 g/mol. The second kappa shape index (κ2) is 8.40. The summed E-state index contributed by atoms with van der Waals surface area (Å²) in [5.41, 5.74) is 1.22. The van der Waals surface area contributed by atoms with Gasteiger partial charge in [0, 0.05) is 13.2 Å².